The summed E-state index contributed by atoms with van der Waals surface area (Å²) < 4.78 is 0. The Hall–Kier alpha value is -2.23. The van der Waals surface area contributed by atoms with Crippen LogP contribution in [0.3, 0.4) is 0 Å². The number of carboxylic acid groups (broad SMARTS) is 1. The zero-order valence-electron chi connectivity index (χ0n) is 16.2. The second-order valence-corrected chi connectivity index (χ2v) is 6.86. The maximum atomic E-state index is 12.5. The van der Waals surface area contributed by atoms with Crippen molar-refractivity contribution in [3.63, 3.8) is 0 Å². The van der Waals surface area contributed by atoms with Crippen molar-refractivity contribution in [2.75, 3.05) is 24.7 Å². The van der Waals surface area contributed by atoms with E-state index < -0.39 is 54.5 Å². The second-order valence-electron chi connectivity index (χ2n) is 6.12. The highest BCUT2D eigenvalue weighted by atomic mass is 32.1. The first-order chi connectivity index (χ1) is 14.1. The molecule has 3 amide bonds. The van der Waals surface area contributed by atoms with Crippen molar-refractivity contribution in [3.05, 3.63) is 0 Å². The molecule has 0 saturated heterocycles. The predicted molar refractivity (Wildman–Crippen MR) is 116 cm³/mol. The Balaban J connectivity index is 5.24. The number of carbonyl (C=O) groups is 4. The van der Waals surface area contributed by atoms with Crippen molar-refractivity contribution in [1.29, 1.82) is 0 Å². The summed E-state index contributed by atoms with van der Waals surface area (Å²) in [5.41, 5.74) is 16.0. The number of amides is 3. The van der Waals surface area contributed by atoms with Crippen molar-refractivity contribution in [2.24, 2.45) is 22.2 Å². The normalized spacial score (nSPS) is 14.5. The fourth-order valence-corrected chi connectivity index (χ4v) is 2.47. The van der Waals surface area contributed by atoms with Crippen molar-refractivity contribution >= 4 is 54.9 Å². The average molecular weight is 468 g/mol. The zero-order valence-corrected chi connectivity index (χ0v) is 17.9. The van der Waals surface area contributed by atoms with Gasteiger partial charge in [0.2, 0.25) is 17.7 Å². The summed E-state index contributed by atoms with van der Waals surface area (Å²) in [6, 6.07) is -4.84. The summed E-state index contributed by atoms with van der Waals surface area (Å²) in [6.07, 6.45) is 0.324. The van der Waals surface area contributed by atoms with Gasteiger partial charge in [0.05, 0.1) is 12.6 Å². The molecule has 4 atom stereocenters. The van der Waals surface area contributed by atoms with Gasteiger partial charge in [0.1, 0.15) is 18.1 Å². The minimum atomic E-state index is -1.38. The number of carboxylic acids is 1. The highest BCUT2D eigenvalue weighted by molar-refractivity contribution is 7.80. The van der Waals surface area contributed by atoms with Crippen LogP contribution in [0.15, 0.2) is 4.99 Å². The Morgan fingerprint density at radius 1 is 0.900 bits per heavy atom. The molecule has 0 aliphatic heterocycles. The lowest BCUT2D eigenvalue weighted by Gasteiger charge is -2.24. The van der Waals surface area contributed by atoms with Crippen LogP contribution in [0, 0.1) is 0 Å². The maximum Gasteiger partial charge on any atom is 0.327 e. The molecule has 0 heterocycles. The number of guanidine groups is 1. The largest absolute Gasteiger partial charge is 0.480 e. The van der Waals surface area contributed by atoms with Crippen LogP contribution in [-0.2, 0) is 19.2 Å². The fourth-order valence-electron chi connectivity index (χ4n) is 2.06. The molecule has 172 valence electrons. The first-order valence-electron chi connectivity index (χ1n) is 8.84. The van der Waals surface area contributed by atoms with Crippen molar-refractivity contribution in [3.8, 4) is 0 Å². The molecule has 15 heteroatoms. The standard InChI is InChI=1S/C15H29N7O6S2/c16-7(5-29)11(24)21-9(4-23)13(26)20-8(2-1-3-19-15(17)18)12(25)22-10(6-30)14(27)28/h7-10,23,29-30H,1-6,16H2,(H,20,26)(H,21,24)(H,22,25)(H,27,28)(H4,17,18,19). The van der Waals surface area contributed by atoms with Crippen LogP contribution in [0.25, 0.3) is 0 Å². The number of nitrogens with one attached hydrogen (secondary N) is 3. The molecule has 0 bridgehead atoms. The molecule has 0 aromatic rings. The topological polar surface area (TPSA) is 235 Å². The molecule has 0 aliphatic rings. The monoisotopic (exact) mass is 467 g/mol. The Labute approximate surface area is 184 Å². The molecule has 0 aromatic carbocycles. The molecule has 11 N–H and O–H groups in total. The van der Waals surface area contributed by atoms with E-state index in [2.05, 4.69) is 46.2 Å². The molecule has 13 nitrogen and oxygen atoms in total. The SMILES string of the molecule is NC(N)=NCCCC(NC(=O)C(CO)NC(=O)C(N)CS)C(=O)NC(CS)C(=O)O. The van der Waals surface area contributed by atoms with Gasteiger partial charge in [0.25, 0.3) is 0 Å². The molecule has 0 aromatic heterocycles. The van der Waals surface area contributed by atoms with Gasteiger partial charge in [-0.05, 0) is 12.8 Å². The van der Waals surface area contributed by atoms with E-state index in [-0.39, 0.29) is 36.9 Å². The third-order valence-corrected chi connectivity index (χ3v) is 4.48. The van der Waals surface area contributed by atoms with Crippen LogP contribution < -0.4 is 33.2 Å². The lowest BCUT2D eigenvalue weighted by Crippen LogP contribution is -2.58. The third kappa shape index (κ3) is 10.5. The Morgan fingerprint density at radius 3 is 1.90 bits per heavy atom. The van der Waals surface area contributed by atoms with E-state index in [4.69, 9.17) is 22.3 Å². The summed E-state index contributed by atoms with van der Waals surface area (Å²) >= 11 is 7.74. The summed E-state index contributed by atoms with van der Waals surface area (Å²) in [4.78, 5) is 51.6. The lowest BCUT2D eigenvalue weighted by molar-refractivity contribution is -0.141. The van der Waals surface area contributed by atoms with E-state index in [9.17, 15) is 24.3 Å². The highest BCUT2D eigenvalue weighted by Gasteiger charge is 2.29. The number of rotatable bonds is 14. The van der Waals surface area contributed by atoms with Gasteiger partial charge in [-0.25, -0.2) is 4.79 Å². The van der Waals surface area contributed by atoms with E-state index in [0.29, 0.717) is 0 Å². The van der Waals surface area contributed by atoms with Crippen LogP contribution >= 0.6 is 25.3 Å². The number of hydrogen-bond acceptors (Lipinski definition) is 9. The maximum absolute atomic E-state index is 12.5. The Kier molecular flexibility index (Phi) is 13.6. The molecular formula is C15H29N7O6S2. The van der Waals surface area contributed by atoms with Crippen LogP contribution in [0.5, 0.6) is 0 Å². The van der Waals surface area contributed by atoms with Gasteiger partial charge in [0, 0.05) is 18.1 Å². The number of aliphatic imine (C=N–C) groups is 1. The molecule has 0 fully saturated rings. The quantitative estimate of drug-likeness (QED) is 0.0514. The number of nitrogens with two attached hydrogens (primary N) is 3. The molecular weight excluding hydrogens is 438 g/mol. The summed E-state index contributed by atoms with van der Waals surface area (Å²) in [5.74, 6) is -3.97. The molecule has 30 heavy (non-hydrogen) atoms. The van der Waals surface area contributed by atoms with Crippen LogP contribution in [0.1, 0.15) is 12.8 Å². The first kappa shape index (κ1) is 27.8. The van der Waals surface area contributed by atoms with Gasteiger partial charge in [-0.1, -0.05) is 0 Å². The van der Waals surface area contributed by atoms with E-state index in [1.165, 1.54) is 0 Å². The zero-order chi connectivity index (χ0) is 23.3. The number of aliphatic hydroxyl groups is 1. The molecule has 0 radical (unpaired) electrons. The van der Waals surface area contributed by atoms with E-state index in [1.807, 2.05) is 0 Å². The number of aliphatic carboxylic acids is 1. The summed E-state index contributed by atoms with van der Waals surface area (Å²) in [5, 5.41) is 25.3. The van der Waals surface area contributed by atoms with Crippen molar-refractivity contribution in [1.82, 2.24) is 16.0 Å². The minimum absolute atomic E-state index is 0.0156. The molecule has 4 unspecified atom stereocenters. The van der Waals surface area contributed by atoms with Gasteiger partial charge in [-0.15, -0.1) is 0 Å². The highest BCUT2D eigenvalue weighted by Crippen LogP contribution is 2.02. The first-order valence-corrected chi connectivity index (χ1v) is 10.1. The van der Waals surface area contributed by atoms with E-state index >= 15 is 0 Å². The average Bonchev–Trinajstić information content (AvgIpc) is 2.70. The van der Waals surface area contributed by atoms with E-state index in [1.54, 1.807) is 0 Å². The summed E-state index contributed by atoms with van der Waals surface area (Å²) in [6.45, 7) is -0.596. The Bertz CT molecular complexity index is 633. The third-order valence-electron chi connectivity index (χ3n) is 3.72. The minimum Gasteiger partial charge on any atom is -0.480 e. The van der Waals surface area contributed by atoms with Gasteiger partial charge in [-0.3, -0.25) is 19.4 Å². The smallest absolute Gasteiger partial charge is 0.327 e. The second kappa shape index (κ2) is 14.7. The van der Waals surface area contributed by atoms with E-state index in [0.717, 1.165) is 0 Å². The van der Waals surface area contributed by atoms with Crippen molar-refractivity contribution in [2.45, 2.75) is 37.0 Å². The lowest BCUT2D eigenvalue weighted by atomic mass is 10.1. The molecule has 0 saturated carbocycles. The molecule has 0 aliphatic carbocycles. The van der Waals surface area contributed by atoms with Crippen LogP contribution in [0.4, 0.5) is 0 Å². The van der Waals surface area contributed by atoms with Gasteiger partial charge in [0.15, 0.2) is 5.96 Å². The number of nitrogens with zero attached hydrogens (tertiary/aromatic N) is 1. The molecule has 0 rings (SSSR count). The number of thiol groups is 2. The van der Waals surface area contributed by atoms with Gasteiger partial charge in [-0.2, -0.15) is 25.3 Å². The fraction of sp³-hybridized carbons (Fsp3) is 0.667. The van der Waals surface area contributed by atoms with Crippen LogP contribution in [-0.4, -0.2) is 88.7 Å². The number of aliphatic hydroxyl groups excluding tert-OH is 1. The molecule has 0 spiro atoms. The number of hydrogen-bond donors (Lipinski definition) is 10. The Morgan fingerprint density at radius 2 is 1.43 bits per heavy atom. The van der Waals surface area contributed by atoms with Gasteiger partial charge >= 0.3 is 5.97 Å². The predicted octanol–water partition coefficient (Wildman–Crippen LogP) is -4.24. The van der Waals surface area contributed by atoms with Crippen molar-refractivity contribution < 1.29 is 29.4 Å². The number of carbonyl (C=O) groups excluding carboxylic acids is 3. The van der Waals surface area contributed by atoms with Crippen LogP contribution in [0.2, 0.25) is 0 Å². The summed E-state index contributed by atoms with van der Waals surface area (Å²) in [7, 11) is 0. The van der Waals surface area contributed by atoms with Gasteiger partial charge < -0.3 is 43.4 Å².